The fourth-order valence-corrected chi connectivity index (χ4v) is 4.76. The van der Waals surface area contributed by atoms with Crippen LogP contribution in [0.25, 0.3) is 11.1 Å². The van der Waals surface area contributed by atoms with E-state index < -0.39 is 5.41 Å². The van der Waals surface area contributed by atoms with Crippen LogP contribution in [0.1, 0.15) is 46.8 Å². The molecule has 1 heterocycles. The molecule has 1 aliphatic carbocycles. The zero-order valence-electron chi connectivity index (χ0n) is 19.9. The second-order valence-corrected chi connectivity index (χ2v) is 9.37. The SMILES string of the molecule is CCc1ccc(CC(=O)C2(c3ccc4c(c3)OCO4)CC2)cc1-c1ccc(C(=O)N(C)C)cc1. The van der Waals surface area contributed by atoms with Crippen molar-refractivity contribution in [1.29, 1.82) is 0 Å². The van der Waals surface area contributed by atoms with E-state index in [0.717, 1.165) is 53.0 Å². The Labute approximate surface area is 200 Å². The average molecular weight is 456 g/mol. The molecule has 0 unspecified atom stereocenters. The van der Waals surface area contributed by atoms with Crippen molar-refractivity contribution in [1.82, 2.24) is 4.90 Å². The predicted molar refractivity (Wildman–Crippen MR) is 131 cm³/mol. The number of amides is 1. The molecule has 1 fully saturated rings. The maximum Gasteiger partial charge on any atom is 0.253 e. The molecule has 0 atom stereocenters. The first-order valence-electron chi connectivity index (χ1n) is 11.8. The largest absolute Gasteiger partial charge is 0.454 e. The Morgan fingerprint density at radius 1 is 0.912 bits per heavy atom. The van der Waals surface area contributed by atoms with Crippen LogP contribution in [0.5, 0.6) is 11.5 Å². The van der Waals surface area contributed by atoms with Gasteiger partial charge in [0.25, 0.3) is 5.91 Å². The molecule has 0 bridgehead atoms. The van der Waals surface area contributed by atoms with Crippen LogP contribution in [0.3, 0.4) is 0 Å². The van der Waals surface area contributed by atoms with E-state index in [0.29, 0.717) is 12.0 Å². The van der Waals surface area contributed by atoms with Gasteiger partial charge in [0.1, 0.15) is 5.78 Å². The average Bonchev–Trinajstić information content (AvgIpc) is 3.54. The molecule has 0 saturated heterocycles. The molecule has 5 rings (SSSR count). The summed E-state index contributed by atoms with van der Waals surface area (Å²) >= 11 is 0. The van der Waals surface area contributed by atoms with Crippen LogP contribution in [0.15, 0.2) is 60.7 Å². The van der Waals surface area contributed by atoms with Gasteiger partial charge < -0.3 is 14.4 Å². The standard InChI is InChI=1S/C29H29NO4/c1-4-20-6-5-19(15-24(20)21-7-9-22(10-8-21)28(32)30(2)3)16-27(31)29(13-14-29)23-11-12-25-26(17-23)34-18-33-25/h5-12,15,17H,4,13-14,16,18H2,1-3H3. The molecule has 34 heavy (non-hydrogen) atoms. The van der Waals surface area contributed by atoms with Crippen molar-refractivity contribution >= 4 is 11.7 Å². The van der Waals surface area contributed by atoms with Crippen LogP contribution in [-0.2, 0) is 23.1 Å². The summed E-state index contributed by atoms with van der Waals surface area (Å²) in [5.41, 5.74) is 5.67. The lowest BCUT2D eigenvalue weighted by molar-refractivity contribution is -0.120. The van der Waals surface area contributed by atoms with Gasteiger partial charge in [0.15, 0.2) is 11.5 Å². The highest BCUT2D eigenvalue weighted by Crippen LogP contribution is 2.51. The van der Waals surface area contributed by atoms with E-state index in [2.05, 4.69) is 25.1 Å². The lowest BCUT2D eigenvalue weighted by atomic mass is 9.86. The lowest BCUT2D eigenvalue weighted by Gasteiger charge is -2.17. The third kappa shape index (κ3) is 3.96. The van der Waals surface area contributed by atoms with Gasteiger partial charge in [-0.1, -0.05) is 43.3 Å². The van der Waals surface area contributed by atoms with Gasteiger partial charge in [-0.2, -0.15) is 0 Å². The number of carbonyl (C=O) groups is 2. The topological polar surface area (TPSA) is 55.8 Å². The first-order valence-corrected chi connectivity index (χ1v) is 11.8. The lowest BCUT2D eigenvalue weighted by Crippen LogP contribution is -2.22. The maximum absolute atomic E-state index is 13.5. The molecule has 0 radical (unpaired) electrons. The molecule has 174 valence electrons. The minimum Gasteiger partial charge on any atom is -0.454 e. The second kappa shape index (κ2) is 8.64. The van der Waals surface area contributed by atoms with Gasteiger partial charge >= 0.3 is 0 Å². The molecule has 0 N–H and O–H groups in total. The summed E-state index contributed by atoms with van der Waals surface area (Å²) in [5.74, 6) is 1.70. The normalized spacial score (nSPS) is 15.1. The zero-order valence-corrected chi connectivity index (χ0v) is 19.9. The molecular weight excluding hydrogens is 426 g/mol. The number of hydrogen-bond donors (Lipinski definition) is 0. The number of nitrogens with zero attached hydrogens (tertiary/aromatic N) is 1. The van der Waals surface area contributed by atoms with Gasteiger partial charge in [-0.25, -0.2) is 0 Å². The first-order chi connectivity index (χ1) is 16.4. The Bertz CT molecular complexity index is 1260. The van der Waals surface area contributed by atoms with Gasteiger partial charge in [-0.05, 0) is 71.3 Å². The number of ketones is 1. The molecule has 1 aliphatic heterocycles. The van der Waals surface area contributed by atoms with E-state index in [4.69, 9.17) is 9.47 Å². The van der Waals surface area contributed by atoms with Crippen molar-refractivity contribution < 1.29 is 19.1 Å². The van der Waals surface area contributed by atoms with E-state index in [1.165, 1.54) is 5.56 Å². The number of fused-ring (bicyclic) bond motifs is 1. The number of ether oxygens (including phenoxy) is 2. The molecular formula is C29H29NO4. The third-order valence-electron chi connectivity index (χ3n) is 6.98. The fraction of sp³-hybridized carbons (Fsp3) is 0.310. The highest BCUT2D eigenvalue weighted by atomic mass is 16.7. The summed E-state index contributed by atoms with van der Waals surface area (Å²) in [5, 5.41) is 0. The number of benzene rings is 3. The fourth-order valence-electron chi connectivity index (χ4n) is 4.76. The molecule has 5 heteroatoms. The Morgan fingerprint density at radius 3 is 2.32 bits per heavy atom. The van der Waals surface area contributed by atoms with Crippen LogP contribution in [0, 0.1) is 0 Å². The summed E-state index contributed by atoms with van der Waals surface area (Å²) in [6, 6.07) is 19.9. The van der Waals surface area contributed by atoms with Crippen molar-refractivity contribution in [2.45, 2.75) is 38.0 Å². The van der Waals surface area contributed by atoms with Gasteiger partial charge in [0, 0.05) is 26.1 Å². The zero-order chi connectivity index (χ0) is 23.9. The summed E-state index contributed by atoms with van der Waals surface area (Å²) < 4.78 is 11.0. The minimum atomic E-state index is -0.418. The number of rotatable bonds is 7. The van der Waals surface area contributed by atoms with Gasteiger partial charge in [-0.15, -0.1) is 0 Å². The molecule has 1 amide bonds. The number of Topliss-reactive ketones (excluding diaryl/α,β-unsaturated/α-hetero) is 1. The van der Waals surface area contributed by atoms with Crippen LogP contribution in [0.4, 0.5) is 0 Å². The third-order valence-corrected chi connectivity index (χ3v) is 6.98. The molecule has 0 aromatic heterocycles. The van der Waals surface area contributed by atoms with Crippen molar-refractivity contribution in [2.24, 2.45) is 0 Å². The Morgan fingerprint density at radius 2 is 1.65 bits per heavy atom. The highest BCUT2D eigenvalue weighted by molar-refractivity contribution is 5.95. The van der Waals surface area contributed by atoms with Crippen molar-refractivity contribution in [3.63, 3.8) is 0 Å². The van der Waals surface area contributed by atoms with Gasteiger partial charge in [0.05, 0.1) is 5.41 Å². The monoisotopic (exact) mass is 455 g/mol. The van der Waals surface area contributed by atoms with E-state index in [9.17, 15) is 9.59 Å². The smallest absolute Gasteiger partial charge is 0.253 e. The molecule has 0 spiro atoms. The van der Waals surface area contributed by atoms with Crippen LogP contribution >= 0.6 is 0 Å². The van der Waals surface area contributed by atoms with Gasteiger partial charge in [0.2, 0.25) is 6.79 Å². The van der Waals surface area contributed by atoms with E-state index in [-0.39, 0.29) is 18.5 Å². The van der Waals surface area contributed by atoms with Crippen molar-refractivity contribution in [3.8, 4) is 22.6 Å². The van der Waals surface area contributed by atoms with Crippen LogP contribution < -0.4 is 9.47 Å². The van der Waals surface area contributed by atoms with Crippen molar-refractivity contribution in [3.05, 3.63) is 82.9 Å². The van der Waals surface area contributed by atoms with Crippen LogP contribution in [0.2, 0.25) is 0 Å². The van der Waals surface area contributed by atoms with Crippen LogP contribution in [-0.4, -0.2) is 37.5 Å². The summed E-state index contributed by atoms with van der Waals surface area (Å²) in [7, 11) is 3.50. The first kappa shape index (κ1) is 22.2. The molecule has 5 nitrogen and oxygen atoms in total. The molecule has 2 aliphatic rings. The number of carbonyl (C=O) groups excluding carboxylic acids is 2. The highest BCUT2D eigenvalue weighted by Gasteiger charge is 2.50. The number of aryl methyl sites for hydroxylation is 1. The second-order valence-electron chi connectivity index (χ2n) is 9.37. The molecule has 3 aromatic carbocycles. The summed E-state index contributed by atoms with van der Waals surface area (Å²) in [4.78, 5) is 27.3. The van der Waals surface area contributed by atoms with Gasteiger partial charge in [-0.3, -0.25) is 9.59 Å². The summed E-state index contributed by atoms with van der Waals surface area (Å²) in [6.07, 6.45) is 3.02. The predicted octanol–water partition coefficient (Wildman–Crippen LogP) is 5.19. The van der Waals surface area contributed by atoms with Crippen molar-refractivity contribution in [2.75, 3.05) is 20.9 Å². The van der Waals surface area contributed by atoms with E-state index in [1.54, 1.807) is 19.0 Å². The quantitative estimate of drug-likeness (QED) is 0.492. The maximum atomic E-state index is 13.5. The molecule has 1 saturated carbocycles. The minimum absolute atomic E-state index is 0.0140. The number of hydrogen-bond acceptors (Lipinski definition) is 4. The van der Waals surface area contributed by atoms with E-state index in [1.807, 2.05) is 42.5 Å². The Balaban J connectivity index is 1.39. The Kier molecular flexibility index (Phi) is 5.64. The Hall–Kier alpha value is -3.60. The van der Waals surface area contributed by atoms with E-state index >= 15 is 0 Å². The molecule has 3 aromatic rings. The summed E-state index contributed by atoms with van der Waals surface area (Å²) in [6.45, 7) is 2.36.